The van der Waals surface area contributed by atoms with Crippen molar-refractivity contribution in [2.75, 3.05) is 26.2 Å². The van der Waals surface area contributed by atoms with Crippen LogP contribution in [0.3, 0.4) is 0 Å². The molecule has 0 spiro atoms. The maximum Gasteiger partial charge on any atom is 0.461 e. The van der Waals surface area contributed by atoms with E-state index in [-0.39, 0.29) is 30.0 Å². The van der Waals surface area contributed by atoms with Gasteiger partial charge in [-0.1, -0.05) is 0 Å². The predicted molar refractivity (Wildman–Crippen MR) is 102 cm³/mol. The van der Waals surface area contributed by atoms with E-state index in [1.807, 2.05) is 4.90 Å². The van der Waals surface area contributed by atoms with Crippen molar-refractivity contribution in [1.29, 1.82) is 0 Å². The molecule has 1 N–H and O–H groups in total. The van der Waals surface area contributed by atoms with E-state index < -0.39 is 0 Å². The molecule has 2 amide bonds. The molecule has 0 bridgehead atoms. The molecule has 0 aromatic carbocycles. The number of urea groups is 1. The largest absolute Gasteiger partial charge is 0.461 e. The highest BCUT2D eigenvalue weighted by Gasteiger charge is 2.54. The molecule has 1 atom stereocenters. The first-order valence-corrected chi connectivity index (χ1v) is 10.0. The fourth-order valence-electron chi connectivity index (χ4n) is 4.06. The van der Waals surface area contributed by atoms with Gasteiger partial charge in [0.1, 0.15) is 0 Å². The molecule has 0 saturated carbocycles. The molecule has 0 aromatic rings. The van der Waals surface area contributed by atoms with E-state index in [9.17, 15) is 4.79 Å². The van der Waals surface area contributed by atoms with Gasteiger partial charge in [0.2, 0.25) is 0 Å². The van der Waals surface area contributed by atoms with Crippen molar-refractivity contribution in [3.05, 3.63) is 0 Å². The Bertz CT molecular complexity index is 514. The maximum atomic E-state index is 12.5. The molecule has 1 unspecified atom stereocenters. The first-order valence-electron chi connectivity index (χ1n) is 10.0. The number of ether oxygens (including phenoxy) is 1. The first kappa shape index (κ1) is 20.0. The fraction of sp³-hybridized carbons (Fsp3) is 0.947. The number of hydrogen-bond acceptors (Lipinski definition) is 4. The molecule has 3 saturated heterocycles. The molecule has 7 heteroatoms. The van der Waals surface area contributed by atoms with Crippen molar-refractivity contribution < 1.29 is 18.8 Å². The number of amides is 2. The van der Waals surface area contributed by atoms with Crippen LogP contribution in [0.4, 0.5) is 4.79 Å². The average Bonchev–Trinajstić information content (AvgIpc) is 3.00. The summed E-state index contributed by atoms with van der Waals surface area (Å²) in [5.74, 6) is 0.732. The second kappa shape index (κ2) is 6.99. The van der Waals surface area contributed by atoms with Gasteiger partial charge in [0.25, 0.3) is 0 Å². The lowest BCUT2D eigenvalue weighted by molar-refractivity contribution is 0.00578. The maximum absolute atomic E-state index is 12.5. The van der Waals surface area contributed by atoms with Gasteiger partial charge in [-0.3, -0.25) is 0 Å². The van der Waals surface area contributed by atoms with Crippen LogP contribution in [0.1, 0.15) is 60.8 Å². The van der Waals surface area contributed by atoms with Crippen LogP contribution in [0.5, 0.6) is 0 Å². The number of rotatable bonds is 3. The van der Waals surface area contributed by atoms with E-state index in [0.29, 0.717) is 18.3 Å². The highest BCUT2D eigenvalue weighted by molar-refractivity contribution is 6.47. The molecule has 6 nitrogen and oxygen atoms in total. The second-order valence-corrected chi connectivity index (χ2v) is 9.57. The Morgan fingerprint density at radius 1 is 1.04 bits per heavy atom. The van der Waals surface area contributed by atoms with Crippen molar-refractivity contribution in [3.8, 4) is 0 Å². The van der Waals surface area contributed by atoms with Gasteiger partial charge in [0.05, 0.1) is 16.8 Å². The standard InChI is InChI=1S/C19H35BN2O4/c1-17(2)14(9-12-24-17)13-21-16(23)22-10-7-15(8-11-22)20-25-18(3,4)19(5,6)26-20/h14-15H,7-13H2,1-6H3,(H,21,23). The number of likely N-dealkylation sites (tertiary alicyclic amines) is 1. The lowest BCUT2D eigenvalue weighted by atomic mass is 9.67. The summed E-state index contributed by atoms with van der Waals surface area (Å²) in [5.41, 5.74) is -0.721. The highest BCUT2D eigenvalue weighted by atomic mass is 16.7. The van der Waals surface area contributed by atoms with Gasteiger partial charge >= 0.3 is 13.1 Å². The molecule has 148 valence electrons. The Morgan fingerprint density at radius 3 is 2.12 bits per heavy atom. The molecule has 3 heterocycles. The van der Waals surface area contributed by atoms with Crippen LogP contribution in [0.15, 0.2) is 0 Å². The number of nitrogens with zero attached hydrogens (tertiary/aromatic N) is 1. The minimum absolute atomic E-state index is 0.0417. The van der Waals surface area contributed by atoms with E-state index >= 15 is 0 Å². The fourth-order valence-corrected chi connectivity index (χ4v) is 4.06. The molecule has 3 aliphatic rings. The highest BCUT2D eigenvalue weighted by Crippen LogP contribution is 2.42. The molecular formula is C19H35BN2O4. The zero-order valence-electron chi connectivity index (χ0n) is 17.3. The quantitative estimate of drug-likeness (QED) is 0.780. The lowest BCUT2D eigenvalue weighted by Crippen LogP contribution is -2.48. The third-order valence-electron chi connectivity index (χ3n) is 6.91. The van der Waals surface area contributed by atoms with Crippen LogP contribution in [0, 0.1) is 5.92 Å². The van der Waals surface area contributed by atoms with Crippen molar-refractivity contribution >= 4 is 13.1 Å². The zero-order chi connectivity index (χ0) is 19.2. The number of carbonyl (C=O) groups excluding carboxylic acids is 1. The molecule has 0 aliphatic carbocycles. The summed E-state index contributed by atoms with van der Waals surface area (Å²) in [7, 11) is -0.165. The first-order chi connectivity index (χ1) is 12.0. The molecule has 3 rings (SSSR count). The predicted octanol–water partition coefficient (Wildman–Crippen LogP) is 3.07. The number of nitrogens with one attached hydrogen (secondary N) is 1. The number of carbonyl (C=O) groups is 1. The van der Waals surface area contributed by atoms with Crippen LogP contribution < -0.4 is 5.32 Å². The van der Waals surface area contributed by atoms with Crippen molar-refractivity contribution in [1.82, 2.24) is 10.2 Å². The van der Waals surface area contributed by atoms with Crippen molar-refractivity contribution in [2.45, 2.75) is 83.4 Å². The minimum Gasteiger partial charge on any atom is -0.403 e. The Hall–Kier alpha value is -0.785. The molecular weight excluding hydrogens is 331 g/mol. The van der Waals surface area contributed by atoms with Gasteiger partial charge in [-0.15, -0.1) is 0 Å². The summed E-state index contributed by atoms with van der Waals surface area (Å²) in [4.78, 5) is 14.4. The summed E-state index contributed by atoms with van der Waals surface area (Å²) < 4.78 is 18.1. The van der Waals surface area contributed by atoms with E-state index in [4.69, 9.17) is 14.0 Å². The van der Waals surface area contributed by atoms with E-state index in [2.05, 4.69) is 46.9 Å². The van der Waals surface area contributed by atoms with Crippen LogP contribution >= 0.6 is 0 Å². The summed E-state index contributed by atoms with van der Waals surface area (Å²) in [6.45, 7) is 15.5. The Kier molecular flexibility index (Phi) is 5.37. The number of hydrogen-bond donors (Lipinski definition) is 1. The Balaban J connectivity index is 1.44. The monoisotopic (exact) mass is 366 g/mol. The van der Waals surface area contributed by atoms with Crippen LogP contribution in [0.25, 0.3) is 0 Å². The molecule has 26 heavy (non-hydrogen) atoms. The lowest BCUT2D eigenvalue weighted by Gasteiger charge is -2.33. The summed E-state index contributed by atoms with van der Waals surface area (Å²) in [6, 6.07) is 0.0417. The minimum atomic E-state index is -0.289. The van der Waals surface area contributed by atoms with Crippen LogP contribution in [0.2, 0.25) is 5.82 Å². The van der Waals surface area contributed by atoms with E-state index in [1.54, 1.807) is 0 Å². The second-order valence-electron chi connectivity index (χ2n) is 9.57. The van der Waals surface area contributed by atoms with Crippen LogP contribution in [-0.2, 0) is 14.0 Å². The van der Waals surface area contributed by atoms with E-state index in [0.717, 1.165) is 39.0 Å². The molecule has 3 fully saturated rings. The molecule has 0 radical (unpaired) electrons. The van der Waals surface area contributed by atoms with Gasteiger partial charge in [-0.05, 0) is 66.6 Å². The van der Waals surface area contributed by atoms with Gasteiger partial charge in [0.15, 0.2) is 0 Å². The zero-order valence-corrected chi connectivity index (χ0v) is 17.3. The van der Waals surface area contributed by atoms with Gasteiger partial charge in [-0.25, -0.2) is 4.79 Å². The van der Waals surface area contributed by atoms with Gasteiger partial charge < -0.3 is 24.3 Å². The third-order valence-corrected chi connectivity index (χ3v) is 6.91. The summed E-state index contributed by atoms with van der Waals surface area (Å²) in [5, 5.41) is 3.10. The third kappa shape index (κ3) is 3.90. The van der Waals surface area contributed by atoms with Crippen LogP contribution in [-0.4, -0.2) is 61.1 Å². The van der Waals surface area contributed by atoms with Gasteiger partial charge in [-0.2, -0.15) is 0 Å². The van der Waals surface area contributed by atoms with Crippen molar-refractivity contribution in [3.63, 3.8) is 0 Å². The SMILES string of the molecule is CC1(C)OCCC1CNC(=O)N1CCC(B2OC(C)(C)C(C)(C)O2)CC1. The Morgan fingerprint density at radius 2 is 1.62 bits per heavy atom. The van der Waals surface area contributed by atoms with Crippen molar-refractivity contribution in [2.24, 2.45) is 5.92 Å². The van der Waals surface area contributed by atoms with E-state index in [1.165, 1.54) is 0 Å². The number of piperidine rings is 1. The Labute approximate surface area is 158 Å². The van der Waals surface area contributed by atoms with Gasteiger partial charge in [0, 0.05) is 32.2 Å². The molecule has 3 aliphatic heterocycles. The smallest absolute Gasteiger partial charge is 0.403 e. The average molecular weight is 366 g/mol. The summed E-state index contributed by atoms with van der Waals surface area (Å²) >= 11 is 0. The summed E-state index contributed by atoms with van der Waals surface area (Å²) in [6.07, 6.45) is 2.85. The topological polar surface area (TPSA) is 60.0 Å². The normalized spacial score (nSPS) is 30.6. The molecule has 0 aromatic heterocycles.